The molecule has 0 aliphatic heterocycles. The van der Waals surface area contributed by atoms with Gasteiger partial charge in [0.05, 0.1) is 12.0 Å². The summed E-state index contributed by atoms with van der Waals surface area (Å²) in [6.45, 7) is 5.03. The van der Waals surface area contributed by atoms with E-state index in [1.807, 2.05) is 0 Å². The molecule has 0 heterocycles. The van der Waals surface area contributed by atoms with E-state index in [2.05, 4.69) is 74.5 Å². The molecule has 2 aromatic rings. The van der Waals surface area contributed by atoms with Crippen molar-refractivity contribution in [3.05, 3.63) is 71.8 Å². The maximum atomic E-state index is 13.3. The first kappa shape index (κ1) is 20.0. The second kappa shape index (κ2) is 6.82. The van der Waals surface area contributed by atoms with Gasteiger partial charge in [0, 0.05) is 0 Å². The molecule has 170 valence electrons. The molecule has 7 atom stereocenters. The lowest BCUT2D eigenvalue weighted by molar-refractivity contribution is -0.163. The van der Waals surface area contributed by atoms with Crippen LogP contribution in [0, 0.1) is 40.9 Å². The maximum Gasteiger partial charge on any atom is 0.312 e. The number of carbonyl (C=O) groups is 1. The number of benzene rings is 2. The van der Waals surface area contributed by atoms with Gasteiger partial charge >= 0.3 is 5.97 Å². The molecule has 3 nitrogen and oxygen atoms in total. The Labute approximate surface area is 196 Å². The van der Waals surface area contributed by atoms with E-state index in [0.717, 1.165) is 18.3 Å². The molecule has 0 spiro atoms. The summed E-state index contributed by atoms with van der Waals surface area (Å²) in [5.74, 6) is 4.22. The van der Waals surface area contributed by atoms with Gasteiger partial charge in [0.25, 0.3) is 0 Å². The van der Waals surface area contributed by atoms with Crippen LogP contribution in [0.25, 0.3) is 11.1 Å². The molecule has 0 saturated heterocycles. The average Bonchev–Trinajstić information content (AvgIpc) is 3.63. The summed E-state index contributed by atoms with van der Waals surface area (Å²) in [6, 6.07) is 16.9. The smallest absolute Gasteiger partial charge is 0.312 e. The summed E-state index contributed by atoms with van der Waals surface area (Å²) in [6.07, 6.45) is 8.44. The van der Waals surface area contributed by atoms with Crippen LogP contribution in [0.5, 0.6) is 0 Å². The fourth-order valence-corrected chi connectivity index (χ4v) is 8.72. The molecule has 3 heteroatoms. The highest BCUT2D eigenvalue weighted by Crippen LogP contribution is 2.70. The number of rotatable bonds is 5. The Morgan fingerprint density at radius 2 is 1.52 bits per heavy atom. The minimum atomic E-state index is -0.515. The summed E-state index contributed by atoms with van der Waals surface area (Å²) >= 11 is 0. The van der Waals surface area contributed by atoms with Crippen molar-refractivity contribution < 1.29 is 14.3 Å². The van der Waals surface area contributed by atoms with Crippen LogP contribution >= 0.6 is 0 Å². The SMILES string of the molecule is CC1(OCCOC(=O)C2(C)CC3CC2C2C4C=CC(C4)C32)c2ccccc2-c2ccccc21. The third-order valence-electron chi connectivity index (χ3n) is 10.00. The minimum Gasteiger partial charge on any atom is -0.463 e. The van der Waals surface area contributed by atoms with E-state index in [4.69, 9.17) is 9.47 Å². The van der Waals surface area contributed by atoms with E-state index in [0.29, 0.717) is 36.9 Å². The van der Waals surface area contributed by atoms with E-state index in [9.17, 15) is 4.79 Å². The highest BCUT2D eigenvalue weighted by molar-refractivity contribution is 5.80. The van der Waals surface area contributed by atoms with Gasteiger partial charge in [-0.3, -0.25) is 4.79 Å². The summed E-state index contributed by atoms with van der Waals surface area (Å²) in [5.41, 5.74) is 4.01. The molecule has 5 aliphatic rings. The Hall–Kier alpha value is -2.39. The Morgan fingerprint density at radius 3 is 2.21 bits per heavy atom. The lowest BCUT2D eigenvalue weighted by atomic mass is 9.63. The Balaban J connectivity index is 1.03. The van der Waals surface area contributed by atoms with Crippen molar-refractivity contribution in [2.75, 3.05) is 13.2 Å². The van der Waals surface area contributed by atoms with Gasteiger partial charge in [0.15, 0.2) is 0 Å². The number of carbonyl (C=O) groups excluding carboxylic acids is 1. The fraction of sp³-hybridized carbons (Fsp3) is 0.500. The summed E-state index contributed by atoms with van der Waals surface area (Å²) < 4.78 is 12.4. The molecule has 3 saturated carbocycles. The molecular weight excluding hydrogens is 408 g/mol. The lowest BCUT2D eigenvalue weighted by Gasteiger charge is -2.41. The number of esters is 1. The maximum absolute atomic E-state index is 13.3. The Morgan fingerprint density at radius 1 is 0.879 bits per heavy atom. The molecule has 5 aliphatic carbocycles. The van der Waals surface area contributed by atoms with Crippen LogP contribution in [0.15, 0.2) is 60.7 Å². The van der Waals surface area contributed by atoms with Gasteiger partial charge in [-0.2, -0.15) is 0 Å². The molecule has 0 aromatic heterocycles. The number of fused-ring (bicyclic) bond motifs is 12. The van der Waals surface area contributed by atoms with Crippen LogP contribution in [0.2, 0.25) is 0 Å². The average molecular weight is 441 g/mol. The number of allylic oxidation sites excluding steroid dienone is 2. The Bertz CT molecular complexity index is 1120. The first-order chi connectivity index (χ1) is 16.0. The molecule has 0 amide bonds. The van der Waals surface area contributed by atoms with Crippen molar-refractivity contribution in [3.63, 3.8) is 0 Å². The predicted molar refractivity (Wildman–Crippen MR) is 127 cm³/mol. The number of hydrogen-bond donors (Lipinski definition) is 0. The molecule has 3 fully saturated rings. The standard InChI is InChI=1S/C30H32O3/c1-29(17-20-16-25(29)27-19-12-11-18(15-19)26(20)27)28(31)32-13-14-33-30(2)23-9-5-3-7-21(23)22-8-4-6-10-24(22)30/h3-12,18-20,25-27H,13-17H2,1-2H3. The van der Waals surface area contributed by atoms with Crippen LogP contribution in [0.3, 0.4) is 0 Å². The first-order valence-electron chi connectivity index (χ1n) is 12.7. The van der Waals surface area contributed by atoms with Gasteiger partial charge < -0.3 is 9.47 Å². The van der Waals surface area contributed by atoms with Crippen LogP contribution in [0.1, 0.15) is 44.2 Å². The predicted octanol–water partition coefficient (Wildman–Crippen LogP) is 5.97. The molecule has 7 rings (SSSR count). The summed E-state index contributed by atoms with van der Waals surface area (Å²) in [7, 11) is 0. The van der Waals surface area contributed by atoms with Crippen molar-refractivity contribution in [3.8, 4) is 11.1 Å². The van der Waals surface area contributed by atoms with Gasteiger partial charge in [-0.05, 0) is 90.9 Å². The second-order valence-corrected chi connectivity index (χ2v) is 11.4. The van der Waals surface area contributed by atoms with Crippen molar-refractivity contribution in [2.24, 2.45) is 40.9 Å². The summed E-state index contributed by atoms with van der Waals surface area (Å²) in [4.78, 5) is 13.3. The van der Waals surface area contributed by atoms with Gasteiger partial charge in [-0.15, -0.1) is 0 Å². The second-order valence-electron chi connectivity index (χ2n) is 11.4. The van der Waals surface area contributed by atoms with Crippen molar-refractivity contribution in [1.29, 1.82) is 0 Å². The van der Waals surface area contributed by atoms with E-state index < -0.39 is 5.60 Å². The monoisotopic (exact) mass is 440 g/mol. The fourth-order valence-electron chi connectivity index (χ4n) is 8.72. The third-order valence-corrected chi connectivity index (χ3v) is 10.00. The number of ether oxygens (including phenoxy) is 2. The largest absolute Gasteiger partial charge is 0.463 e. The molecule has 0 N–H and O–H groups in total. The molecule has 0 radical (unpaired) electrons. The quantitative estimate of drug-likeness (QED) is 0.248. The highest BCUT2D eigenvalue weighted by atomic mass is 16.6. The highest BCUT2D eigenvalue weighted by Gasteiger charge is 2.67. The van der Waals surface area contributed by atoms with Crippen LogP contribution in [-0.4, -0.2) is 19.2 Å². The normalized spacial score (nSPS) is 37.8. The molecule has 2 aromatic carbocycles. The number of hydrogen-bond acceptors (Lipinski definition) is 3. The Kier molecular flexibility index (Phi) is 4.14. The van der Waals surface area contributed by atoms with E-state index in [-0.39, 0.29) is 11.4 Å². The van der Waals surface area contributed by atoms with E-state index in [1.54, 1.807) is 0 Å². The van der Waals surface area contributed by atoms with Gasteiger partial charge in [-0.1, -0.05) is 60.7 Å². The molecular formula is C30H32O3. The van der Waals surface area contributed by atoms with Crippen molar-refractivity contribution >= 4 is 5.97 Å². The summed E-state index contributed by atoms with van der Waals surface area (Å²) in [5, 5.41) is 0. The third kappa shape index (κ3) is 2.58. The topological polar surface area (TPSA) is 35.5 Å². The molecule has 7 unspecified atom stereocenters. The van der Waals surface area contributed by atoms with E-state index >= 15 is 0 Å². The lowest BCUT2D eigenvalue weighted by Crippen LogP contribution is -2.43. The van der Waals surface area contributed by atoms with Crippen LogP contribution in [-0.2, 0) is 19.9 Å². The zero-order chi connectivity index (χ0) is 22.4. The van der Waals surface area contributed by atoms with Gasteiger partial charge in [0.1, 0.15) is 12.2 Å². The zero-order valence-electron chi connectivity index (χ0n) is 19.5. The van der Waals surface area contributed by atoms with Gasteiger partial charge in [0.2, 0.25) is 0 Å². The minimum absolute atomic E-state index is 0.00109. The van der Waals surface area contributed by atoms with Gasteiger partial charge in [-0.25, -0.2) is 0 Å². The molecule has 33 heavy (non-hydrogen) atoms. The van der Waals surface area contributed by atoms with Crippen LogP contribution in [0.4, 0.5) is 0 Å². The van der Waals surface area contributed by atoms with Crippen LogP contribution < -0.4 is 0 Å². The van der Waals surface area contributed by atoms with E-state index in [1.165, 1.54) is 35.1 Å². The molecule has 4 bridgehead atoms. The first-order valence-corrected chi connectivity index (χ1v) is 12.7. The van der Waals surface area contributed by atoms with Crippen molar-refractivity contribution in [1.82, 2.24) is 0 Å². The zero-order valence-corrected chi connectivity index (χ0v) is 19.5. The van der Waals surface area contributed by atoms with Crippen molar-refractivity contribution in [2.45, 2.75) is 38.7 Å².